The second-order valence-electron chi connectivity index (χ2n) is 5.63. The molecule has 0 saturated carbocycles. The molecule has 1 aromatic rings. The number of nitrogens with zero attached hydrogens (tertiary/aromatic N) is 3. The summed E-state index contributed by atoms with van der Waals surface area (Å²) in [7, 11) is 0. The Labute approximate surface area is 137 Å². The summed E-state index contributed by atoms with van der Waals surface area (Å²) in [5.41, 5.74) is -0.321. The number of fused-ring (bicyclic) bond motifs is 2. The summed E-state index contributed by atoms with van der Waals surface area (Å²) in [6.45, 7) is 3.77. The second-order valence-corrected chi connectivity index (χ2v) is 8.68. The highest BCUT2D eigenvalue weighted by Gasteiger charge is 2.56. The highest BCUT2D eigenvalue weighted by Crippen LogP contribution is 2.44. The van der Waals surface area contributed by atoms with E-state index in [1.54, 1.807) is 4.90 Å². The first-order valence-corrected chi connectivity index (χ1v) is 9.02. The molecule has 0 unspecified atom stereocenters. The Morgan fingerprint density at radius 3 is 2.60 bits per heavy atom. The van der Waals surface area contributed by atoms with Gasteiger partial charge in [0, 0.05) is 12.5 Å². The molecule has 8 heteroatoms. The maximum absolute atomic E-state index is 12.3. The van der Waals surface area contributed by atoms with Gasteiger partial charge in [-0.25, -0.2) is 14.7 Å². The smallest absolute Gasteiger partial charge is 0.416 e. The van der Waals surface area contributed by atoms with E-state index in [9.17, 15) is 4.79 Å². The van der Waals surface area contributed by atoms with E-state index in [-0.39, 0.29) is 11.7 Å². The fourth-order valence-electron chi connectivity index (χ4n) is 3.55. The van der Waals surface area contributed by atoms with Crippen molar-refractivity contribution in [1.82, 2.24) is 9.88 Å². The fourth-order valence-corrected chi connectivity index (χ4v) is 5.27. The highest BCUT2D eigenvalue weighted by atomic mass is 79.9. The van der Waals surface area contributed by atoms with Gasteiger partial charge in [-0.3, -0.25) is 4.90 Å². The zero-order chi connectivity index (χ0) is 13.9. The quantitative estimate of drug-likeness (QED) is 0.697. The molecule has 4 saturated heterocycles. The van der Waals surface area contributed by atoms with Crippen molar-refractivity contribution in [3.05, 3.63) is 8.39 Å². The van der Waals surface area contributed by atoms with Crippen LogP contribution in [-0.4, -0.2) is 47.8 Å². The number of halogens is 2. The predicted molar refractivity (Wildman–Crippen MR) is 83.2 cm³/mol. The Morgan fingerprint density at radius 2 is 2.05 bits per heavy atom. The number of thiazole rings is 1. The molecular formula is C12H13Br2N3O2S. The molecule has 0 aliphatic carbocycles. The van der Waals surface area contributed by atoms with Gasteiger partial charge in [0.1, 0.15) is 14.0 Å². The van der Waals surface area contributed by atoms with Crippen LogP contribution in [0.3, 0.4) is 0 Å². The summed E-state index contributed by atoms with van der Waals surface area (Å²) in [6.07, 6.45) is 2.01. The molecule has 4 fully saturated rings. The highest BCUT2D eigenvalue weighted by molar-refractivity contribution is 9.13. The number of piperidine rings is 3. The van der Waals surface area contributed by atoms with Crippen LogP contribution >= 0.6 is 43.2 Å². The molecule has 108 valence electrons. The second kappa shape index (κ2) is 4.66. The Balaban J connectivity index is 1.63. The first kappa shape index (κ1) is 13.5. The van der Waals surface area contributed by atoms with Crippen molar-refractivity contribution in [2.75, 3.05) is 31.1 Å². The minimum absolute atomic E-state index is 0.257. The molecular weight excluding hydrogens is 410 g/mol. The van der Waals surface area contributed by atoms with E-state index in [1.165, 1.54) is 11.3 Å². The summed E-state index contributed by atoms with van der Waals surface area (Å²) in [5, 5.41) is 0.696. The van der Waals surface area contributed by atoms with Gasteiger partial charge in [0.05, 0.1) is 6.54 Å². The molecule has 1 atom stereocenters. The SMILES string of the molecule is O=C1O[C@]2(CN3CCC2CC3)CN1c1nc(Br)c(Br)s1. The van der Waals surface area contributed by atoms with Gasteiger partial charge in [-0.1, -0.05) is 11.3 Å². The van der Waals surface area contributed by atoms with E-state index < -0.39 is 0 Å². The third-order valence-corrected chi connectivity index (χ3v) is 7.62. The van der Waals surface area contributed by atoms with Crippen molar-refractivity contribution in [3.63, 3.8) is 0 Å². The van der Waals surface area contributed by atoms with Gasteiger partial charge < -0.3 is 4.74 Å². The zero-order valence-corrected chi connectivity index (χ0v) is 14.6. The minimum Gasteiger partial charge on any atom is -0.439 e. The molecule has 2 bridgehead atoms. The lowest BCUT2D eigenvalue weighted by Crippen LogP contribution is -2.61. The van der Waals surface area contributed by atoms with Crippen LogP contribution in [0.1, 0.15) is 12.8 Å². The normalized spacial score (nSPS) is 35.9. The predicted octanol–water partition coefficient (Wildman–Crippen LogP) is 3.09. The van der Waals surface area contributed by atoms with E-state index in [0.29, 0.717) is 17.6 Å². The minimum atomic E-state index is -0.321. The first-order chi connectivity index (χ1) is 9.57. The maximum atomic E-state index is 12.3. The Morgan fingerprint density at radius 1 is 1.30 bits per heavy atom. The number of carbonyl (C=O) groups excluding carboxylic acids is 1. The van der Waals surface area contributed by atoms with Crippen LogP contribution in [0.15, 0.2) is 8.39 Å². The molecule has 4 aliphatic heterocycles. The average molecular weight is 423 g/mol. The van der Waals surface area contributed by atoms with Gasteiger partial charge in [0.2, 0.25) is 0 Å². The number of ether oxygens (including phenoxy) is 1. The van der Waals surface area contributed by atoms with E-state index in [4.69, 9.17) is 4.74 Å². The molecule has 5 nitrogen and oxygen atoms in total. The lowest BCUT2D eigenvalue weighted by molar-refractivity contribution is -0.0881. The van der Waals surface area contributed by atoms with Crippen LogP contribution in [0.25, 0.3) is 0 Å². The molecule has 1 spiro atoms. The Hall–Kier alpha value is -0.180. The van der Waals surface area contributed by atoms with Crippen LogP contribution in [0.5, 0.6) is 0 Å². The largest absolute Gasteiger partial charge is 0.439 e. The molecule has 5 heterocycles. The van der Waals surface area contributed by atoms with Crippen LogP contribution in [0.2, 0.25) is 0 Å². The number of hydrogen-bond donors (Lipinski definition) is 0. The van der Waals surface area contributed by atoms with Crippen molar-refractivity contribution in [2.24, 2.45) is 5.92 Å². The van der Waals surface area contributed by atoms with Crippen molar-refractivity contribution in [1.29, 1.82) is 0 Å². The molecule has 20 heavy (non-hydrogen) atoms. The van der Waals surface area contributed by atoms with Crippen molar-refractivity contribution >= 4 is 54.4 Å². The number of carbonyl (C=O) groups is 1. The Kier molecular flexibility index (Phi) is 3.14. The molecule has 1 amide bonds. The zero-order valence-electron chi connectivity index (χ0n) is 10.6. The molecule has 5 rings (SSSR count). The third-order valence-electron chi connectivity index (χ3n) is 4.53. The average Bonchev–Trinajstić information content (AvgIpc) is 2.92. The lowest BCUT2D eigenvalue weighted by atomic mass is 9.75. The number of hydrogen-bond acceptors (Lipinski definition) is 5. The monoisotopic (exact) mass is 421 g/mol. The summed E-state index contributed by atoms with van der Waals surface area (Å²) < 4.78 is 7.46. The number of aromatic nitrogens is 1. The lowest BCUT2D eigenvalue weighted by Gasteiger charge is -2.49. The van der Waals surface area contributed by atoms with E-state index in [1.807, 2.05) is 0 Å². The van der Waals surface area contributed by atoms with Gasteiger partial charge >= 0.3 is 6.09 Å². The standard InChI is InChI=1S/C12H13Br2N3O2S/c13-8-9(14)20-10(15-8)17-6-12(19-11(17)18)5-16-3-1-7(12)2-4-16/h7H,1-6H2/t12-/m1/s1. The van der Waals surface area contributed by atoms with E-state index >= 15 is 0 Å². The van der Waals surface area contributed by atoms with Crippen molar-refractivity contribution < 1.29 is 9.53 Å². The molecule has 1 aromatic heterocycles. The van der Waals surface area contributed by atoms with Crippen LogP contribution in [0, 0.1) is 5.92 Å². The molecule has 4 aliphatic rings. The molecule has 0 N–H and O–H groups in total. The number of amides is 1. The summed E-state index contributed by atoms with van der Waals surface area (Å²) in [5.74, 6) is 0.494. The van der Waals surface area contributed by atoms with Gasteiger partial charge in [-0.2, -0.15) is 0 Å². The van der Waals surface area contributed by atoms with E-state index in [2.05, 4.69) is 41.7 Å². The number of rotatable bonds is 1. The maximum Gasteiger partial charge on any atom is 0.416 e. The fraction of sp³-hybridized carbons (Fsp3) is 0.667. The third kappa shape index (κ3) is 1.95. The van der Waals surface area contributed by atoms with Gasteiger partial charge in [-0.15, -0.1) is 0 Å². The van der Waals surface area contributed by atoms with Gasteiger partial charge in [0.25, 0.3) is 0 Å². The number of anilines is 1. The summed E-state index contributed by atoms with van der Waals surface area (Å²) >= 11 is 8.25. The van der Waals surface area contributed by atoms with Crippen molar-refractivity contribution in [3.8, 4) is 0 Å². The topological polar surface area (TPSA) is 45.7 Å². The van der Waals surface area contributed by atoms with Gasteiger partial charge in [0.15, 0.2) is 5.13 Å². The van der Waals surface area contributed by atoms with Crippen LogP contribution < -0.4 is 4.90 Å². The first-order valence-electron chi connectivity index (χ1n) is 6.62. The Bertz CT molecular complexity index is 554. The summed E-state index contributed by atoms with van der Waals surface area (Å²) in [4.78, 5) is 20.7. The van der Waals surface area contributed by atoms with Gasteiger partial charge in [-0.05, 0) is 57.8 Å². The molecule has 0 aromatic carbocycles. The van der Waals surface area contributed by atoms with E-state index in [0.717, 1.165) is 40.9 Å². The molecule has 0 radical (unpaired) electrons. The van der Waals surface area contributed by atoms with Crippen LogP contribution in [-0.2, 0) is 4.74 Å². The van der Waals surface area contributed by atoms with Crippen LogP contribution in [0.4, 0.5) is 9.93 Å². The van der Waals surface area contributed by atoms with Crippen molar-refractivity contribution in [2.45, 2.75) is 18.4 Å². The summed E-state index contributed by atoms with van der Waals surface area (Å²) in [6, 6.07) is 0.